The van der Waals surface area contributed by atoms with Crippen LogP contribution in [0.25, 0.3) is 21.8 Å². The summed E-state index contributed by atoms with van der Waals surface area (Å²) in [5.74, 6) is 1.10. The predicted octanol–water partition coefficient (Wildman–Crippen LogP) is 3.96. The summed E-state index contributed by atoms with van der Waals surface area (Å²) < 4.78 is 5.88. The number of nitrogens with zero attached hydrogens (tertiary/aromatic N) is 2. The third kappa shape index (κ3) is 3.02. The lowest BCUT2D eigenvalue weighted by atomic mass is 10.1. The Morgan fingerprint density at radius 1 is 1.00 bits per heavy atom. The van der Waals surface area contributed by atoms with E-state index in [2.05, 4.69) is 9.88 Å². The first-order valence-electron chi connectivity index (χ1n) is 8.68. The summed E-state index contributed by atoms with van der Waals surface area (Å²) in [6.45, 7) is 4.28. The molecule has 4 nitrogen and oxygen atoms in total. The van der Waals surface area contributed by atoms with Crippen molar-refractivity contribution in [1.29, 1.82) is 0 Å². The number of rotatable bonds is 5. The average Bonchev–Trinajstić information content (AvgIpc) is 3.12. The molecular weight excluding hydrogens is 300 g/mol. The monoisotopic (exact) mass is 322 g/mol. The van der Waals surface area contributed by atoms with Gasteiger partial charge in [-0.1, -0.05) is 12.1 Å². The van der Waals surface area contributed by atoms with E-state index in [1.54, 1.807) is 0 Å². The van der Waals surface area contributed by atoms with Crippen LogP contribution in [0.5, 0.6) is 11.5 Å². The summed E-state index contributed by atoms with van der Waals surface area (Å²) in [4.78, 5) is 7.14. The number of aromatic hydroxyl groups is 1. The number of pyridine rings is 1. The van der Waals surface area contributed by atoms with E-state index >= 15 is 0 Å². The molecule has 1 N–H and O–H groups in total. The van der Waals surface area contributed by atoms with E-state index in [1.807, 2.05) is 42.5 Å². The first-order chi connectivity index (χ1) is 11.8. The van der Waals surface area contributed by atoms with Gasteiger partial charge in [-0.05, 0) is 56.6 Å². The minimum Gasteiger partial charge on any atom is -0.507 e. The average molecular weight is 322 g/mol. The Hall–Kier alpha value is -2.33. The molecule has 1 aliphatic rings. The zero-order chi connectivity index (χ0) is 16.4. The van der Waals surface area contributed by atoms with Gasteiger partial charge in [0, 0.05) is 23.4 Å². The zero-order valence-electron chi connectivity index (χ0n) is 13.7. The molecule has 1 fully saturated rings. The number of likely N-dealkylation sites (tertiary alicyclic amines) is 1. The Balaban J connectivity index is 1.49. The van der Waals surface area contributed by atoms with Crippen molar-refractivity contribution in [2.75, 3.05) is 26.2 Å². The summed E-state index contributed by atoms with van der Waals surface area (Å²) in [5, 5.41) is 12.0. The van der Waals surface area contributed by atoms with Gasteiger partial charge in [-0.15, -0.1) is 0 Å². The van der Waals surface area contributed by atoms with Gasteiger partial charge in [0.25, 0.3) is 0 Å². The van der Waals surface area contributed by atoms with E-state index in [1.165, 1.54) is 25.9 Å². The number of hydrogen-bond donors (Lipinski definition) is 1. The fraction of sp³-hybridized carbons (Fsp3) is 0.350. The molecule has 0 aliphatic carbocycles. The molecule has 2 aromatic carbocycles. The van der Waals surface area contributed by atoms with E-state index in [-0.39, 0.29) is 5.75 Å². The maximum absolute atomic E-state index is 10.5. The second-order valence-corrected chi connectivity index (χ2v) is 6.41. The van der Waals surface area contributed by atoms with E-state index < -0.39 is 0 Å². The molecule has 24 heavy (non-hydrogen) atoms. The number of hydrogen-bond acceptors (Lipinski definition) is 4. The highest BCUT2D eigenvalue weighted by Crippen LogP contribution is 2.33. The van der Waals surface area contributed by atoms with Gasteiger partial charge < -0.3 is 14.7 Å². The van der Waals surface area contributed by atoms with Crippen molar-refractivity contribution in [2.45, 2.75) is 19.3 Å². The third-order valence-electron chi connectivity index (χ3n) is 4.71. The highest BCUT2D eigenvalue weighted by atomic mass is 16.5. The lowest BCUT2D eigenvalue weighted by Gasteiger charge is -2.14. The molecule has 4 rings (SSSR count). The number of ether oxygens (including phenoxy) is 1. The topological polar surface area (TPSA) is 45.6 Å². The maximum Gasteiger partial charge on any atom is 0.134 e. The van der Waals surface area contributed by atoms with Crippen LogP contribution in [0.1, 0.15) is 19.3 Å². The van der Waals surface area contributed by atoms with Crippen LogP contribution in [0.3, 0.4) is 0 Å². The summed E-state index contributed by atoms with van der Waals surface area (Å²) in [6.07, 6.45) is 3.69. The molecule has 1 aliphatic heterocycles. The quantitative estimate of drug-likeness (QED) is 0.570. The van der Waals surface area contributed by atoms with Gasteiger partial charge in [-0.2, -0.15) is 0 Å². The first-order valence-corrected chi connectivity index (χ1v) is 8.68. The molecule has 4 heteroatoms. The largest absolute Gasteiger partial charge is 0.507 e. The van der Waals surface area contributed by atoms with Crippen LogP contribution >= 0.6 is 0 Å². The molecule has 3 aromatic rings. The molecular formula is C20H22N2O2. The van der Waals surface area contributed by atoms with Gasteiger partial charge >= 0.3 is 0 Å². The van der Waals surface area contributed by atoms with Crippen LogP contribution < -0.4 is 4.74 Å². The van der Waals surface area contributed by atoms with Crippen molar-refractivity contribution in [2.24, 2.45) is 0 Å². The van der Waals surface area contributed by atoms with E-state index in [9.17, 15) is 5.11 Å². The van der Waals surface area contributed by atoms with Gasteiger partial charge in [0.1, 0.15) is 11.5 Å². The molecule has 0 saturated carbocycles. The molecule has 0 atom stereocenters. The number of aromatic nitrogens is 1. The van der Waals surface area contributed by atoms with Crippen molar-refractivity contribution in [1.82, 2.24) is 9.88 Å². The second kappa shape index (κ2) is 6.65. The predicted molar refractivity (Wildman–Crippen MR) is 96.7 cm³/mol. The van der Waals surface area contributed by atoms with Crippen molar-refractivity contribution in [3.63, 3.8) is 0 Å². The Morgan fingerprint density at radius 2 is 1.79 bits per heavy atom. The lowest BCUT2D eigenvalue weighted by molar-refractivity contribution is 0.263. The summed E-state index contributed by atoms with van der Waals surface area (Å²) >= 11 is 0. The molecule has 0 spiro atoms. The summed E-state index contributed by atoms with van der Waals surface area (Å²) in [7, 11) is 0. The fourth-order valence-corrected chi connectivity index (χ4v) is 3.42. The van der Waals surface area contributed by atoms with Crippen LogP contribution in [0.15, 0.2) is 42.5 Å². The molecule has 0 bridgehead atoms. The molecule has 1 saturated heterocycles. The highest BCUT2D eigenvalue weighted by Gasteiger charge is 2.11. The van der Waals surface area contributed by atoms with Crippen LogP contribution in [0.4, 0.5) is 0 Å². The van der Waals surface area contributed by atoms with Crippen molar-refractivity contribution in [3.05, 3.63) is 42.5 Å². The second-order valence-electron chi connectivity index (χ2n) is 6.41. The van der Waals surface area contributed by atoms with E-state index in [4.69, 9.17) is 4.74 Å². The SMILES string of the molecule is Oc1c2ccccc2nc2cc(OCCCN3CCCC3)ccc12. The van der Waals surface area contributed by atoms with Crippen LogP contribution in [-0.2, 0) is 0 Å². The highest BCUT2D eigenvalue weighted by molar-refractivity contribution is 6.00. The molecule has 0 amide bonds. The summed E-state index contributed by atoms with van der Waals surface area (Å²) in [6, 6.07) is 13.4. The summed E-state index contributed by atoms with van der Waals surface area (Å²) in [5.41, 5.74) is 1.57. The molecule has 2 heterocycles. The minimum atomic E-state index is 0.288. The fourth-order valence-electron chi connectivity index (χ4n) is 3.42. The van der Waals surface area contributed by atoms with Gasteiger partial charge in [-0.3, -0.25) is 0 Å². The van der Waals surface area contributed by atoms with Crippen molar-refractivity contribution in [3.8, 4) is 11.5 Å². The molecule has 1 aromatic heterocycles. The number of benzene rings is 2. The first kappa shape index (κ1) is 15.2. The molecule has 0 unspecified atom stereocenters. The van der Waals surface area contributed by atoms with Gasteiger partial charge in [-0.25, -0.2) is 4.98 Å². The van der Waals surface area contributed by atoms with Gasteiger partial charge in [0.15, 0.2) is 0 Å². The Morgan fingerprint density at radius 3 is 2.67 bits per heavy atom. The van der Waals surface area contributed by atoms with Crippen LogP contribution in [0, 0.1) is 0 Å². The minimum absolute atomic E-state index is 0.288. The van der Waals surface area contributed by atoms with Crippen molar-refractivity contribution >= 4 is 21.8 Å². The number of fused-ring (bicyclic) bond motifs is 2. The van der Waals surface area contributed by atoms with E-state index in [0.717, 1.165) is 40.5 Å². The smallest absolute Gasteiger partial charge is 0.134 e. The van der Waals surface area contributed by atoms with E-state index in [0.29, 0.717) is 6.61 Å². The third-order valence-corrected chi connectivity index (χ3v) is 4.71. The Bertz CT molecular complexity index is 857. The Labute approximate surface area is 141 Å². The van der Waals surface area contributed by atoms with Gasteiger partial charge in [0.05, 0.1) is 17.6 Å². The lowest BCUT2D eigenvalue weighted by Crippen LogP contribution is -2.21. The van der Waals surface area contributed by atoms with Gasteiger partial charge in [0.2, 0.25) is 0 Å². The van der Waals surface area contributed by atoms with Crippen LogP contribution in [-0.4, -0.2) is 41.2 Å². The van der Waals surface area contributed by atoms with Crippen molar-refractivity contribution < 1.29 is 9.84 Å². The molecule has 0 radical (unpaired) electrons. The van der Waals surface area contributed by atoms with Crippen LogP contribution in [0.2, 0.25) is 0 Å². The molecule has 124 valence electrons. The maximum atomic E-state index is 10.5. The number of para-hydroxylation sites is 1. The zero-order valence-corrected chi connectivity index (χ0v) is 13.7. The normalized spacial score (nSPS) is 15.3. The standard InChI is InChI=1S/C20H22N2O2/c23-20-16-6-1-2-7-18(16)21-19-14-15(8-9-17(19)20)24-13-5-12-22-10-3-4-11-22/h1-2,6-9,14H,3-5,10-13H2,(H,21,23). The Kier molecular flexibility index (Phi) is 4.22.